The number of aromatic nitrogens is 1. The first-order valence-corrected chi connectivity index (χ1v) is 4.91. The van der Waals surface area contributed by atoms with Gasteiger partial charge in [-0.05, 0) is 12.1 Å². The maximum atomic E-state index is 13.0. The molecule has 1 fully saturated rings. The number of carboxylic acid groups (broad SMARTS) is 1. The lowest BCUT2D eigenvalue weighted by Crippen LogP contribution is -2.37. The second kappa shape index (κ2) is 4.44. The largest absolute Gasteiger partial charge is 0.478 e. The summed E-state index contributed by atoms with van der Waals surface area (Å²) in [4.78, 5) is 16.3. The molecule has 1 aliphatic heterocycles. The van der Waals surface area contributed by atoms with Crippen LogP contribution in [0.3, 0.4) is 0 Å². The number of hydrogen-bond donors (Lipinski definition) is 1. The van der Waals surface area contributed by atoms with E-state index in [0.29, 0.717) is 26.3 Å². The van der Waals surface area contributed by atoms with E-state index in [1.807, 2.05) is 0 Å². The van der Waals surface area contributed by atoms with Crippen LogP contribution in [-0.2, 0) is 4.74 Å². The lowest BCUT2D eigenvalue weighted by molar-refractivity contribution is 0.0695. The third-order valence-electron chi connectivity index (χ3n) is 2.38. The predicted molar refractivity (Wildman–Crippen MR) is 54.2 cm³/mol. The van der Waals surface area contributed by atoms with Crippen molar-refractivity contribution in [3.63, 3.8) is 0 Å². The van der Waals surface area contributed by atoms with E-state index in [4.69, 9.17) is 9.84 Å². The average Bonchev–Trinajstić information content (AvgIpc) is 2.29. The molecule has 0 radical (unpaired) electrons. The van der Waals surface area contributed by atoms with E-state index < -0.39 is 11.9 Å². The lowest BCUT2D eigenvalue weighted by Gasteiger charge is -2.28. The quantitative estimate of drug-likeness (QED) is 0.754. The molecule has 2 heterocycles. The maximum absolute atomic E-state index is 13.0. The molecular formula is C10H11FN2O3. The number of aromatic carboxylic acids is 1. The number of carboxylic acids is 1. The molecule has 0 spiro atoms. The van der Waals surface area contributed by atoms with Crippen LogP contribution in [0.4, 0.5) is 10.2 Å². The fourth-order valence-corrected chi connectivity index (χ4v) is 1.61. The van der Waals surface area contributed by atoms with Gasteiger partial charge in [0.25, 0.3) is 0 Å². The zero-order valence-electron chi connectivity index (χ0n) is 8.52. The van der Waals surface area contributed by atoms with Crippen LogP contribution in [0, 0.1) is 5.95 Å². The zero-order chi connectivity index (χ0) is 11.5. The number of hydrogen-bond acceptors (Lipinski definition) is 4. The highest BCUT2D eigenvalue weighted by Gasteiger charge is 2.20. The van der Waals surface area contributed by atoms with Gasteiger partial charge in [0.05, 0.1) is 13.2 Å². The lowest BCUT2D eigenvalue weighted by atomic mass is 10.2. The third kappa shape index (κ3) is 2.11. The summed E-state index contributed by atoms with van der Waals surface area (Å²) in [5, 5.41) is 8.97. The molecular weight excluding hydrogens is 215 g/mol. The maximum Gasteiger partial charge on any atom is 0.339 e. The van der Waals surface area contributed by atoms with Gasteiger partial charge in [-0.1, -0.05) is 0 Å². The van der Waals surface area contributed by atoms with Crippen LogP contribution in [0.15, 0.2) is 12.1 Å². The van der Waals surface area contributed by atoms with Crippen molar-refractivity contribution in [2.45, 2.75) is 0 Å². The topological polar surface area (TPSA) is 62.7 Å². The number of nitrogens with zero attached hydrogens (tertiary/aromatic N) is 2. The molecule has 0 aliphatic carbocycles. The SMILES string of the molecule is O=C(O)c1ccc(F)nc1N1CCOCC1. The Morgan fingerprint density at radius 3 is 2.75 bits per heavy atom. The summed E-state index contributed by atoms with van der Waals surface area (Å²) in [5.41, 5.74) is 0.0169. The van der Waals surface area contributed by atoms with Gasteiger partial charge >= 0.3 is 5.97 Å². The molecule has 1 saturated heterocycles. The minimum Gasteiger partial charge on any atom is -0.478 e. The highest BCUT2D eigenvalue weighted by molar-refractivity contribution is 5.93. The van der Waals surface area contributed by atoms with Crippen LogP contribution in [0.1, 0.15) is 10.4 Å². The smallest absolute Gasteiger partial charge is 0.339 e. The van der Waals surface area contributed by atoms with Crippen molar-refractivity contribution in [1.82, 2.24) is 4.98 Å². The Hall–Kier alpha value is -1.69. The molecule has 0 atom stereocenters. The summed E-state index contributed by atoms with van der Waals surface area (Å²) in [7, 11) is 0. The Labute approximate surface area is 91.5 Å². The molecule has 0 unspecified atom stereocenters. The summed E-state index contributed by atoms with van der Waals surface area (Å²) in [6.07, 6.45) is 0. The molecule has 0 bridgehead atoms. The monoisotopic (exact) mass is 226 g/mol. The van der Waals surface area contributed by atoms with E-state index in [-0.39, 0.29) is 11.4 Å². The molecule has 0 amide bonds. The number of ether oxygens (including phenoxy) is 1. The van der Waals surface area contributed by atoms with Gasteiger partial charge in [-0.3, -0.25) is 0 Å². The molecule has 0 aromatic carbocycles. The van der Waals surface area contributed by atoms with Crippen LogP contribution in [0.25, 0.3) is 0 Å². The summed E-state index contributed by atoms with van der Waals surface area (Å²) in [6, 6.07) is 2.28. The van der Waals surface area contributed by atoms with E-state index in [1.165, 1.54) is 6.07 Å². The first-order chi connectivity index (χ1) is 7.68. The van der Waals surface area contributed by atoms with Gasteiger partial charge in [0, 0.05) is 13.1 Å². The van der Waals surface area contributed by atoms with Gasteiger partial charge in [-0.15, -0.1) is 0 Å². The van der Waals surface area contributed by atoms with Crippen molar-refractivity contribution in [1.29, 1.82) is 0 Å². The van der Waals surface area contributed by atoms with Gasteiger partial charge in [0.15, 0.2) is 0 Å². The summed E-state index contributed by atoms with van der Waals surface area (Å²) in [5.74, 6) is -1.60. The third-order valence-corrected chi connectivity index (χ3v) is 2.38. The van der Waals surface area contributed by atoms with Crippen LogP contribution in [0.5, 0.6) is 0 Å². The van der Waals surface area contributed by atoms with Crippen molar-refractivity contribution in [3.05, 3.63) is 23.6 Å². The molecule has 5 nitrogen and oxygen atoms in total. The van der Waals surface area contributed by atoms with Crippen LogP contribution in [0.2, 0.25) is 0 Å². The number of halogens is 1. The van der Waals surface area contributed by atoms with Crippen molar-refractivity contribution >= 4 is 11.8 Å². The van der Waals surface area contributed by atoms with Gasteiger partial charge in [-0.25, -0.2) is 9.78 Å². The predicted octanol–water partition coefficient (Wildman–Crippen LogP) is 0.756. The van der Waals surface area contributed by atoms with Crippen LogP contribution in [-0.4, -0.2) is 42.4 Å². The molecule has 1 aromatic heterocycles. The van der Waals surface area contributed by atoms with Crippen molar-refractivity contribution in [2.75, 3.05) is 31.2 Å². The molecule has 16 heavy (non-hydrogen) atoms. The molecule has 1 aliphatic rings. The Kier molecular flexibility index (Phi) is 3.00. The van der Waals surface area contributed by atoms with Crippen molar-refractivity contribution in [2.24, 2.45) is 0 Å². The van der Waals surface area contributed by atoms with Gasteiger partial charge in [0.2, 0.25) is 5.95 Å². The Morgan fingerprint density at radius 2 is 2.12 bits per heavy atom. The van der Waals surface area contributed by atoms with E-state index in [0.717, 1.165) is 6.07 Å². The first-order valence-electron chi connectivity index (χ1n) is 4.91. The summed E-state index contributed by atoms with van der Waals surface area (Å²) >= 11 is 0. The van der Waals surface area contributed by atoms with Crippen LogP contribution < -0.4 is 4.90 Å². The minimum absolute atomic E-state index is 0.0169. The highest BCUT2D eigenvalue weighted by atomic mass is 19.1. The van der Waals surface area contributed by atoms with Gasteiger partial charge in [0.1, 0.15) is 11.4 Å². The standard InChI is InChI=1S/C10H11FN2O3/c11-8-2-1-7(10(14)15)9(12-8)13-3-5-16-6-4-13/h1-2H,3-6H2,(H,14,15). The molecule has 86 valence electrons. The van der Waals surface area contributed by atoms with E-state index >= 15 is 0 Å². The number of carbonyl (C=O) groups is 1. The molecule has 1 aromatic rings. The Bertz CT molecular complexity index is 405. The Morgan fingerprint density at radius 1 is 1.44 bits per heavy atom. The van der Waals surface area contributed by atoms with E-state index in [2.05, 4.69) is 4.98 Å². The van der Waals surface area contributed by atoms with E-state index in [1.54, 1.807) is 4.90 Å². The fourth-order valence-electron chi connectivity index (χ4n) is 1.61. The van der Waals surface area contributed by atoms with Crippen LogP contribution >= 0.6 is 0 Å². The number of rotatable bonds is 2. The number of pyridine rings is 1. The average molecular weight is 226 g/mol. The first kappa shape index (κ1) is 10.8. The summed E-state index contributed by atoms with van der Waals surface area (Å²) < 4.78 is 18.1. The normalized spacial score (nSPS) is 16.2. The summed E-state index contributed by atoms with van der Waals surface area (Å²) in [6.45, 7) is 2.04. The fraction of sp³-hybridized carbons (Fsp3) is 0.400. The van der Waals surface area contributed by atoms with Crippen molar-refractivity contribution in [3.8, 4) is 0 Å². The van der Waals surface area contributed by atoms with Crippen molar-refractivity contribution < 1.29 is 19.0 Å². The second-order valence-corrected chi connectivity index (χ2v) is 3.41. The number of anilines is 1. The zero-order valence-corrected chi connectivity index (χ0v) is 8.52. The molecule has 0 saturated carbocycles. The van der Waals surface area contributed by atoms with Gasteiger partial charge < -0.3 is 14.7 Å². The van der Waals surface area contributed by atoms with Gasteiger partial charge in [-0.2, -0.15) is 4.39 Å². The second-order valence-electron chi connectivity index (χ2n) is 3.41. The number of morpholine rings is 1. The molecule has 6 heteroatoms. The Balaban J connectivity index is 2.36. The molecule has 2 rings (SSSR count). The highest BCUT2D eigenvalue weighted by Crippen LogP contribution is 2.19. The van der Waals surface area contributed by atoms with E-state index in [9.17, 15) is 9.18 Å². The minimum atomic E-state index is -1.10. The molecule has 1 N–H and O–H groups in total.